The van der Waals surface area contributed by atoms with Crippen molar-refractivity contribution in [3.8, 4) is 5.75 Å². The quantitative estimate of drug-likeness (QED) is 0.849. The molecule has 1 saturated heterocycles. The Hall–Kier alpha value is -2.14. The van der Waals surface area contributed by atoms with Crippen LogP contribution in [0.5, 0.6) is 5.75 Å². The SMILES string of the molecule is COc1cccc([C@@H]2CCCN2Cc2cnc(N(C)C)nc2)c1. The molecule has 1 aliphatic rings. The van der Waals surface area contributed by atoms with Crippen LogP contribution in [0.1, 0.15) is 30.0 Å². The van der Waals surface area contributed by atoms with Gasteiger partial charge in [0, 0.05) is 44.6 Å². The second kappa shape index (κ2) is 6.96. The molecule has 3 rings (SSSR count). The first kappa shape index (κ1) is 15.7. The first-order chi connectivity index (χ1) is 11.2. The van der Waals surface area contributed by atoms with E-state index >= 15 is 0 Å². The van der Waals surface area contributed by atoms with E-state index in [1.54, 1.807) is 7.11 Å². The van der Waals surface area contributed by atoms with Crippen LogP contribution in [0.2, 0.25) is 0 Å². The number of hydrogen-bond donors (Lipinski definition) is 0. The van der Waals surface area contributed by atoms with Crippen molar-refractivity contribution in [2.24, 2.45) is 0 Å². The molecule has 5 nitrogen and oxygen atoms in total. The highest BCUT2D eigenvalue weighted by atomic mass is 16.5. The zero-order valence-corrected chi connectivity index (χ0v) is 14.1. The highest BCUT2D eigenvalue weighted by molar-refractivity contribution is 5.31. The molecule has 1 aromatic heterocycles. The number of hydrogen-bond acceptors (Lipinski definition) is 5. The summed E-state index contributed by atoms with van der Waals surface area (Å²) in [5.74, 6) is 1.67. The Bertz CT molecular complexity index is 642. The number of aromatic nitrogens is 2. The highest BCUT2D eigenvalue weighted by Gasteiger charge is 2.26. The monoisotopic (exact) mass is 312 g/mol. The van der Waals surface area contributed by atoms with Gasteiger partial charge in [-0.15, -0.1) is 0 Å². The number of methoxy groups -OCH3 is 1. The van der Waals surface area contributed by atoms with Gasteiger partial charge in [0.2, 0.25) is 5.95 Å². The van der Waals surface area contributed by atoms with Gasteiger partial charge in [0.25, 0.3) is 0 Å². The lowest BCUT2D eigenvalue weighted by atomic mass is 10.0. The van der Waals surface area contributed by atoms with E-state index in [1.165, 1.54) is 18.4 Å². The fourth-order valence-electron chi connectivity index (χ4n) is 3.14. The Morgan fingerprint density at radius 3 is 2.74 bits per heavy atom. The van der Waals surface area contributed by atoms with Crippen molar-refractivity contribution in [2.75, 3.05) is 32.6 Å². The maximum absolute atomic E-state index is 5.36. The number of nitrogens with zero attached hydrogens (tertiary/aromatic N) is 4. The van der Waals surface area contributed by atoms with Gasteiger partial charge in [0.05, 0.1) is 7.11 Å². The second-order valence-corrected chi connectivity index (χ2v) is 6.19. The predicted molar refractivity (Wildman–Crippen MR) is 91.7 cm³/mol. The fourth-order valence-corrected chi connectivity index (χ4v) is 3.14. The van der Waals surface area contributed by atoms with E-state index in [-0.39, 0.29) is 0 Å². The third-order valence-electron chi connectivity index (χ3n) is 4.32. The van der Waals surface area contributed by atoms with Gasteiger partial charge in [0.15, 0.2) is 0 Å². The van der Waals surface area contributed by atoms with Gasteiger partial charge < -0.3 is 9.64 Å². The van der Waals surface area contributed by atoms with Gasteiger partial charge >= 0.3 is 0 Å². The Labute approximate surface area is 137 Å². The summed E-state index contributed by atoms with van der Waals surface area (Å²) in [6, 6.07) is 8.85. The minimum atomic E-state index is 0.443. The summed E-state index contributed by atoms with van der Waals surface area (Å²) in [7, 11) is 5.62. The normalized spacial score (nSPS) is 18.1. The van der Waals surface area contributed by atoms with Crippen LogP contribution >= 0.6 is 0 Å². The van der Waals surface area contributed by atoms with E-state index in [0.29, 0.717) is 6.04 Å². The van der Waals surface area contributed by atoms with Crippen molar-refractivity contribution in [1.82, 2.24) is 14.9 Å². The lowest BCUT2D eigenvalue weighted by Gasteiger charge is -2.25. The molecule has 0 amide bonds. The lowest BCUT2D eigenvalue weighted by Crippen LogP contribution is -2.23. The Morgan fingerprint density at radius 2 is 2.04 bits per heavy atom. The molecule has 0 N–H and O–H groups in total. The molecule has 23 heavy (non-hydrogen) atoms. The standard InChI is InChI=1S/C18H24N4O/c1-21(2)18-19-11-14(12-20-18)13-22-9-5-8-17(22)15-6-4-7-16(10-15)23-3/h4,6-7,10-12,17H,5,8-9,13H2,1-3H3/t17-/m0/s1. The maximum atomic E-state index is 5.36. The minimum Gasteiger partial charge on any atom is -0.497 e. The summed E-state index contributed by atoms with van der Waals surface area (Å²) in [5.41, 5.74) is 2.48. The first-order valence-corrected chi connectivity index (χ1v) is 8.03. The molecule has 122 valence electrons. The van der Waals surface area contributed by atoms with Gasteiger partial charge in [-0.05, 0) is 37.1 Å². The smallest absolute Gasteiger partial charge is 0.224 e. The van der Waals surface area contributed by atoms with E-state index in [2.05, 4.69) is 33.1 Å². The van der Waals surface area contributed by atoms with Crippen molar-refractivity contribution in [3.05, 3.63) is 47.8 Å². The number of likely N-dealkylation sites (tertiary alicyclic amines) is 1. The molecule has 0 spiro atoms. The zero-order chi connectivity index (χ0) is 16.2. The topological polar surface area (TPSA) is 41.5 Å². The third kappa shape index (κ3) is 3.62. The van der Waals surface area contributed by atoms with Gasteiger partial charge in [-0.25, -0.2) is 9.97 Å². The van der Waals surface area contributed by atoms with Crippen LogP contribution in [-0.2, 0) is 6.54 Å². The molecule has 0 bridgehead atoms. The molecule has 0 radical (unpaired) electrons. The molecule has 1 fully saturated rings. The van der Waals surface area contributed by atoms with E-state index < -0.39 is 0 Å². The Balaban J connectivity index is 1.73. The first-order valence-electron chi connectivity index (χ1n) is 8.03. The van der Waals surface area contributed by atoms with Crippen molar-refractivity contribution in [3.63, 3.8) is 0 Å². The van der Waals surface area contributed by atoms with Crippen LogP contribution in [0, 0.1) is 0 Å². The van der Waals surface area contributed by atoms with Crippen molar-refractivity contribution in [1.29, 1.82) is 0 Å². The molecule has 1 aromatic carbocycles. The second-order valence-electron chi connectivity index (χ2n) is 6.19. The predicted octanol–water partition coefficient (Wildman–Crippen LogP) is 2.89. The van der Waals surface area contributed by atoms with Crippen LogP contribution < -0.4 is 9.64 Å². The largest absolute Gasteiger partial charge is 0.497 e. The fraction of sp³-hybridized carbons (Fsp3) is 0.444. The van der Waals surface area contributed by atoms with Crippen molar-refractivity contribution >= 4 is 5.95 Å². The van der Waals surface area contributed by atoms with Crippen LogP contribution in [-0.4, -0.2) is 42.6 Å². The Morgan fingerprint density at radius 1 is 1.26 bits per heavy atom. The van der Waals surface area contributed by atoms with Gasteiger partial charge in [-0.3, -0.25) is 4.90 Å². The molecule has 2 heterocycles. The van der Waals surface area contributed by atoms with Crippen LogP contribution in [0.15, 0.2) is 36.7 Å². The van der Waals surface area contributed by atoms with E-state index in [0.717, 1.165) is 30.4 Å². The molecule has 0 unspecified atom stereocenters. The van der Waals surface area contributed by atoms with Crippen molar-refractivity contribution < 1.29 is 4.74 Å². The molecule has 2 aromatic rings. The minimum absolute atomic E-state index is 0.443. The molecule has 0 saturated carbocycles. The Kier molecular flexibility index (Phi) is 4.76. The average Bonchev–Trinajstić information content (AvgIpc) is 3.03. The third-order valence-corrected chi connectivity index (χ3v) is 4.32. The molecule has 1 atom stereocenters. The molecular formula is C18H24N4O. The van der Waals surface area contributed by atoms with E-state index in [1.807, 2.05) is 37.5 Å². The summed E-state index contributed by atoms with van der Waals surface area (Å²) in [6.45, 7) is 1.99. The van der Waals surface area contributed by atoms with E-state index in [4.69, 9.17) is 4.74 Å². The van der Waals surface area contributed by atoms with E-state index in [9.17, 15) is 0 Å². The highest BCUT2D eigenvalue weighted by Crippen LogP contribution is 2.34. The van der Waals surface area contributed by atoms with Crippen LogP contribution in [0.3, 0.4) is 0 Å². The summed E-state index contributed by atoms with van der Waals surface area (Å²) in [6.07, 6.45) is 6.27. The number of benzene rings is 1. The summed E-state index contributed by atoms with van der Waals surface area (Å²) < 4.78 is 5.36. The number of anilines is 1. The molecule has 0 aliphatic carbocycles. The van der Waals surface area contributed by atoms with Gasteiger partial charge in [-0.1, -0.05) is 12.1 Å². The molecule has 5 heteroatoms. The average molecular weight is 312 g/mol. The molecule has 1 aliphatic heterocycles. The van der Waals surface area contributed by atoms with Gasteiger partial charge in [-0.2, -0.15) is 0 Å². The van der Waals surface area contributed by atoms with Gasteiger partial charge in [0.1, 0.15) is 5.75 Å². The summed E-state index contributed by atoms with van der Waals surface area (Å²) in [4.78, 5) is 13.2. The number of rotatable bonds is 5. The zero-order valence-electron chi connectivity index (χ0n) is 14.1. The number of ether oxygens (including phenoxy) is 1. The lowest BCUT2D eigenvalue weighted by molar-refractivity contribution is 0.247. The molecular weight excluding hydrogens is 288 g/mol. The van der Waals surface area contributed by atoms with Crippen molar-refractivity contribution in [2.45, 2.75) is 25.4 Å². The van der Waals surface area contributed by atoms with Crippen LogP contribution in [0.25, 0.3) is 0 Å². The van der Waals surface area contributed by atoms with Crippen LogP contribution in [0.4, 0.5) is 5.95 Å². The summed E-state index contributed by atoms with van der Waals surface area (Å²) >= 11 is 0. The maximum Gasteiger partial charge on any atom is 0.224 e. The summed E-state index contributed by atoms with van der Waals surface area (Å²) in [5, 5.41) is 0.